The molecule has 0 radical (unpaired) electrons. The summed E-state index contributed by atoms with van der Waals surface area (Å²) < 4.78 is 2.16. The SMILES string of the molecule is CCn1ccnc1CC(NN)C(C)C(C)C. The normalized spacial score (nSPS) is 15.4. The molecule has 0 saturated carbocycles. The van der Waals surface area contributed by atoms with Gasteiger partial charge in [-0.15, -0.1) is 0 Å². The zero-order valence-corrected chi connectivity index (χ0v) is 10.8. The van der Waals surface area contributed by atoms with Crippen LogP contribution < -0.4 is 11.3 Å². The van der Waals surface area contributed by atoms with E-state index < -0.39 is 0 Å². The van der Waals surface area contributed by atoms with Gasteiger partial charge < -0.3 is 4.57 Å². The molecule has 92 valence electrons. The molecule has 1 aromatic heterocycles. The number of imidazole rings is 1. The third-order valence-electron chi connectivity index (χ3n) is 3.45. The first kappa shape index (κ1) is 13.2. The molecule has 0 amide bonds. The van der Waals surface area contributed by atoms with Crippen LogP contribution in [0.4, 0.5) is 0 Å². The zero-order valence-electron chi connectivity index (χ0n) is 10.8. The fourth-order valence-corrected chi connectivity index (χ4v) is 1.88. The van der Waals surface area contributed by atoms with Gasteiger partial charge in [-0.1, -0.05) is 20.8 Å². The van der Waals surface area contributed by atoms with Gasteiger partial charge in [-0.05, 0) is 18.8 Å². The summed E-state index contributed by atoms with van der Waals surface area (Å²) in [4.78, 5) is 4.38. The lowest BCUT2D eigenvalue weighted by Crippen LogP contribution is -2.43. The number of aromatic nitrogens is 2. The molecule has 0 aliphatic carbocycles. The maximum absolute atomic E-state index is 5.63. The Bertz CT molecular complexity index is 306. The summed E-state index contributed by atoms with van der Waals surface area (Å²) in [6, 6.07) is 0.285. The smallest absolute Gasteiger partial charge is 0.110 e. The first-order chi connectivity index (χ1) is 7.60. The Hall–Kier alpha value is -0.870. The molecule has 0 bridgehead atoms. The largest absolute Gasteiger partial charge is 0.335 e. The molecule has 0 fully saturated rings. The highest BCUT2D eigenvalue weighted by atomic mass is 15.2. The molecule has 0 saturated heterocycles. The maximum atomic E-state index is 5.63. The Morgan fingerprint density at radius 1 is 1.44 bits per heavy atom. The van der Waals surface area contributed by atoms with Gasteiger partial charge in [0.2, 0.25) is 0 Å². The highest BCUT2D eigenvalue weighted by molar-refractivity contribution is 4.96. The van der Waals surface area contributed by atoms with Gasteiger partial charge in [-0.2, -0.15) is 0 Å². The number of rotatable bonds is 6. The van der Waals surface area contributed by atoms with Gasteiger partial charge >= 0.3 is 0 Å². The fourth-order valence-electron chi connectivity index (χ4n) is 1.88. The van der Waals surface area contributed by atoms with E-state index in [-0.39, 0.29) is 6.04 Å². The van der Waals surface area contributed by atoms with Crippen LogP contribution in [0.3, 0.4) is 0 Å². The van der Waals surface area contributed by atoms with Crippen LogP contribution in [0.25, 0.3) is 0 Å². The third-order valence-corrected chi connectivity index (χ3v) is 3.45. The van der Waals surface area contributed by atoms with Gasteiger partial charge in [-0.3, -0.25) is 11.3 Å². The van der Waals surface area contributed by atoms with E-state index in [2.05, 4.69) is 42.7 Å². The van der Waals surface area contributed by atoms with Crippen molar-refractivity contribution in [2.75, 3.05) is 0 Å². The Kier molecular flexibility index (Phi) is 4.96. The summed E-state index contributed by atoms with van der Waals surface area (Å²) in [5, 5.41) is 0. The number of aryl methyl sites for hydroxylation is 1. The number of hydrazine groups is 1. The molecular formula is C12H24N4. The average Bonchev–Trinajstić information content (AvgIpc) is 2.71. The molecular weight excluding hydrogens is 200 g/mol. The third kappa shape index (κ3) is 3.06. The van der Waals surface area contributed by atoms with E-state index in [4.69, 9.17) is 5.84 Å². The molecule has 0 aliphatic rings. The van der Waals surface area contributed by atoms with Crippen LogP contribution in [0, 0.1) is 11.8 Å². The standard InChI is InChI=1S/C12H24N4/c1-5-16-7-6-14-12(16)8-11(15-13)10(4)9(2)3/h6-7,9-11,15H,5,8,13H2,1-4H3. The predicted octanol–water partition coefficient (Wildman–Crippen LogP) is 1.57. The molecule has 0 aliphatic heterocycles. The number of nitrogens with one attached hydrogen (secondary N) is 1. The van der Waals surface area contributed by atoms with Gasteiger partial charge in [0.1, 0.15) is 5.82 Å². The van der Waals surface area contributed by atoms with Crippen LogP contribution in [-0.2, 0) is 13.0 Å². The molecule has 4 heteroatoms. The Labute approximate surface area is 98.2 Å². The van der Waals surface area contributed by atoms with E-state index in [1.165, 1.54) is 0 Å². The van der Waals surface area contributed by atoms with Gasteiger partial charge in [0, 0.05) is 31.4 Å². The number of nitrogens with two attached hydrogens (primary N) is 1. The molecule has 1 rings (SSSR count). The zero-order chi connectivity index (χ0) is 12.1. The van der Waals surface area contributed by atoms with Crippen LogP contribution in [0.1, 0.15) is 33.5 Å². The monoisotopic (exact) mass is 224 g/mol. The quantitative estimate of drug-likeness (QED) is 0.569. The lowest BCUT2D eigenvalue weighted by molar-refractivity contribution is 0.294. The summed E-state index contributed by atoms with van der Waals surface area (Å²) in [6.45, 7) is 9.77. The maximum Gasteiger partial charge on any atom is 0.110 e. The van der Waals surface area contributed by atoms with Crippen molar-refractivity contribution in [1.29, 1.82) is 0 Å². The van der Waals surface area contributed by atoms with E-state index in [0.717, 1.165) is 18.8 Å². The highest BCUT2D eigenvalue weighted by Crippen LogP contribution is 2.17. The molecule has 2 unspecified atom stereocenters. The van der Waals surface area contributed by atoms with Crippen molar-refractivity contribution < 1.29 is 0 Å². The van der Waals surface area contributed by atoms with E-state index in [1.54, 1.807) is 0 Å². The van der Waals surface area contributed by atoms with E-state index in [9.17, 15) is 0 Å². The summed E-state index contributed by atoms with van der Waals surface area (Å²) in [5.74, 6) is 7.89. The van der Waals surface area contributed by atoms with Crippen molar-refractivity contribution in [3.05, 3.63) is 18.2 Å². The van der Waals surface area contributed by atoms with Crippen LogP contribution in [0.5, 0.6) is 0 Å². The van der Waals surface area contributed by atoms with Crippen molar-refractivity contribution in [2.24, 2.45) is 17.7 Å². The first-order valence-corrected chi connectivity index (χ1v) is 6.06. The Morgan fingerprint density at radius 3 is 2.62 bits per heavy atom. The van der Waals surface area contributed by atoms with Crippen molar-refractivity contribution in [2.45, 2.75) is 46.7 Å². The minimum atomic E-state index is 0.285. The molecule has 0 aromatic carbocycles. The molecule has 1 heterocycles. The molecule has 2 atom stereocenters. The fraction of sp³-hybridized carbons (Fsp3) is 0.750. The van der Waals surface area contributed by atoms with Gasteiger partial charge in [0.05, 0.1) is 0 Å². The second kappa shape index (κ2) is 6.01. The first-order valence-electron chi connectivity index (χ1n) is 6.06. The number of hydrogen-bond donors (Lipinski definition) is 2. The number of hydrogen-bond acceptors (Lipinski definition) is 3. The summed E-state index contributed by atoms with van der Waals surface area (Å²) in [7, 11) is 0. The van der Waals surface area contributed by atoms with Crippen LogP contribution in [0.15, 0.2) is 12.4 Å². The Morgan fingerprint density at radius 2 is 2.12 bits per heavy atom. The molecule has 3 N–H and O–H groups in total. The Balaban J connectivity index is 2.70. The van der Waals surface area contributed by atoms with Gasteiger partial charge in [0.25, 0.3) is 0 Å². The van der Waals surface area contributed by atoms with E-state index in [0.29, 0.717) is 11.8 Å². The molecule has 1 aromatic rings. The lowest BCUT2D eigenvalue weighted by atomic mass is 9.88. The number of nitrogens with zero attached hydrogens (tertiary/aromatic N) is 2. The minimum Gasteiger partial charge on any atom is -0.335 e. The van der Waals surface area contributed by atoms with Crippen molar-refractivity contribution in [1.82, 2.24) is 15.0 Å². The van der Waals surface area contributed by atoms with Crippen molar-refractivity contribution in [3.63, 3.8) is 0 Å². The van der Waals surface area contributed by atoms with Crippen LogP contribution >= 0.6 is 0 Å². The topological polar surface area (TPSA) is 55.9 Å². The van der Waals surface area contributed by atoms with Gasteiger partial charge in [0.15, 0.2) is 0 Å². The molecule has 4 nitrogen and oxygen atoms in total. The van der Waals surface area contributed by atoms with Crippen molar-refractivity contribution in [3.8, 4) is 0 Å². The summed E-state index contributed by atoms with van der Waals surface area (Å²) in [6.07, 6.45) is 4.76. The minimum absolute atomic E-state index is 0.285. The molecule has 16 heavy (non-hydrogen) atoms. The second-order valence-corrected chi connectivity index (χ2v) is 4.71. The van der Waals surface area contributed by atoms with Gasteiger partial charge in [-0.25, -0.2) is 4.98 Å². The molecule has 0 spiro atoms. The second-order valence-electron chi connectivity index (χ2n) is 4.71. The van der Waals surface area contributed by atoms with Crippen molar-refractivity contribution >= 4 is 0 Å². The predicted molar refractivity (Wildman–Crippen MR) is 66.7 cm³/mol. The van der Waals surface area contributed by atoms with Crippen LogP contribution in [0.2, 0.25) is 0 Å². The highest BCUT2D eigenvalue weighted by Gasteiger charge is 2.20. The van der Waals surface area contributed by atoms with E-state index >= 15 is 0 Å². The summed E-state index contributed by atoms with van der Waals surface area (Å²) >= 11 is 0. The lowest BCUT2D eigenvalue weighted by Gasteiger charge is -2.26. The van der Waals surface area contributed by atoms with Crippen LogP contribution in [-0.4, -0.2) is 15.6 Å². The average molecular weight is 224 g/mol. The van der Waals surface area contributed by atoms with E-state index in [1.807, 2.05) is 12.4 Å². The summed E-state index contributed by atoms with van der Waals surface area (Å²) in [5.41, 5.74) is 2.92.